The van der Waals surface area contributed by atoms with Crippen molar-refractivity contribution in [1.82, 2.24) is 4.90 Å². The Labute approximate surface area is 85.4 Å². The van der Waals surface area contributed by atoms with Gasteiger partial charge in [-0.25, -0.2) is 0 Å². The highest BCUT2D eigenvalue weighted by atomic mass is 16.5. The fourth-order valence-electron chi connectivity index (χ4n) is 1.65. The van der Waals surface area contributed by atoms with E-state index in [0.29, 0.717) is 0 Å². The number of esters is 1. The van der Waals surface area contributed by atoms with Gasteiger partial charge in [0.25, 0.3) is 0 Å². The van der Waals surface area contributed by atoms with Crippen molar-refractivity contribution in [1.29, 1.82) is 0 Å². The van der Waals surface area contributed by atoms with Crippen LogP contribution in [0.4, 0.5) is 0 Å². The van der Waals surface area contributed by atoms with E-state index in [1.807, 2.05) is 0 Å². The largest absolute Gasteiger partial charge is 0.468 e. The number of hydrogen-bond acceptors (Lipinski definition) is 3. The van der Waals surface area contributed by atoms with E-state index < -0.39 is 0 Å². The van der Waals surface area contributed by atoms with Crippen LogP contribution in [-0.2, 0) is 9.53 Å². The summed E-state index contributed by atoms with van der Waals surface area (Å²) in [5.41, 5.74) is 0. The molecule has 0 saturated carbocycles. The molecule has 3 heteroatoms. The number of unbranched alkanes of at least 4 members (excludes halogenated alkanes) is 2. The molecule has 1 heterocycles. The first kappa shape index (κ1) is 11.1. The second-order valence-electron chi connectivity index (χ2n) is 3.52. The van der Waals surface area contributed by atoms with Gasteiger partial charge in [-0.15, -0.1) is 12.3 Å². The Bertz CT molecular complexity index is 232. The third kappa shape index (κ3) is 2.74. The molecule has 0 bridgehead atoms. The Morgan fingerprint density at radius 1 is 1.64 bits per heavy atom. The van der Waals surface area contributed by atoms with Crippen LogP contribution in [0, 0.1) is 12.3 Å². The first-order valence-electron chi connectivity index (χ1n) is 5.05. The monoisotopic (exact) mass is 195 g/mol. The molecule has 1 aliphatic heterocycles. The first-order valence-corrected chi connectivity index (χ1v) is 5.05. The summed E-state index contributed by atoms with van der Waals surface area (Å²) in [5, 5.41) is 0. The second-order valence-corrected chi connectivity index (χ2v) is 3.52. The van der Waals surface area contributed by atoms with E-state index in [0.717, 1.165) is 38.8 Å². The highest BCUT2D eigenvalue weighted by Gasteiger charge is 2.33. The van der Waals surface area contributed by atoms with Gasteiger partial charge in [0.05, 0.1) is 7.11 Å². The highest BCUT2D eigenvalue weighted by molar-refractivity contribution is 5.76. The van der Waals surface area contributed by atoms with E-state index in [2.05, 4.69) is 10.8 Å². The fraction of sp³-hybridized carbons (Fsp3) is 0.727. The SMILES string of the molecule is C#CCCCCN1CCC1C(=O)OC. The molecule has 0 amide bonds. The minimum atomic E-state index is -0.104. The van der Waals surface area contributed by atoms with Crippen molar-refractivity contribution in [2.45, 2.75) is 31.7 Å². The number of methoxy groups -OCH3 is 1. The lowest BCUT2D eigenvalue weighted by atomic mass is 10.0. The van der Waals surface area contributed by atoms with Crippen molar-refractivity contribution in [2.24, 2.45) is 0 Å². The van der Waals surface area contributed by atoms with Gasteiger partial charge in [-0.3, -0.25) is 9.69 Å². The van der Waals surface area contributed by atoms with Gasteiger partial charge in [0.15, 0.2) is 0 Å². The maximum atomic E-state index is 11.2. The Morgan fingerprint density at radius 2 is 2.43 bits per heavy atom. The van der Waals surface area contributed by atoms with E-state index in [4.69, 9.17) is 11.2 Å². The Hall–Kier alpha value is -1.01. The van der Waals surface area contributed by atoms with Gasteiger partial charge < -0.3 is 4.74 Å². The van der Waals surface area contributed by atoms with E-state index in [1.54, 1.807) is 0 Å². The predicted molar refractivity (Wildman–Crippen MR) is 54.7 cm³/mol. The molecule has 1 unspecified atom stereocenters. The van der Waals surface area contributed by atoms with Crippen LogP contribution >= 0.6 is 0 Å². The Morgan fingerprint density at radius 3 is 2.93 bits per heavy atom. The summed E-state index contributed by atoms with van der Waals surface area (Å²) in [5.74, 6) is 2.51. The summed E-state index contributed by atoms with van der Waals surface area (Å²) in [4.78, 5) is 13.4. The van der Waals surface area contributed by atoms with Gasteiger partial charge in [0, 0.05) is 13.0 Å². The topological polar surface area (TPSA) is 29.5 Å². The van der Waals surface area contributed by atoms with Crippen LogP contribution in [0.3, 0.4) is 0 Å². The molecule has 3 nitrogen and oxygen atoms in total. The number of carbonyl (C=O) groups is 1. The lowest BCUT2D eigenvalue weighted by molar-refractivity contribution is -0.151. The van der Waals surface area contributed by atoms with Crippen molar-refractivity contribution in [3.05, 3.63) is 0 Å². The molecule has 1 atom stereocenters. The van der Waals surface area contributed by atoms with Gasteiger partial charge in [0.2, 0.25) is 0 Å². The minimum Gasteiger partial charge on any atom is -0.468 e. The van der Waals surface area contributed by atoms with Crippen LogP contribution < -0.4 is 0 Å². The molecule has 0 aromatic carbocycles. The molecule has 14 heavy (non-hydrogen) atoms. The molecular weight excluding hydrogens is 178 g/mol. The lowest BCUT2D eigenvalue weighted by Crippen LogP contribution is -2.52. The number of carbonyl (C=O) groups excluding carboxylic acids is 1. The summed E-state index contributed by atoms with van der Waals surface area (Å²) < 4.78 is 4.70. The third-order valence-electron chi connectivity index (χ3n) is 2.62. The standard InChI is InChI=1S/C11H17NO2/c1-3-4-5-6-8-12-9-7-10(12)11(13)14-2/h1,10H,4-9H2,2H3. The van der Waals surface area contributed by atoms with Crippen LogP contribution in [0.25, 0.3) is 0 Å². The van der Waals surface area contributed by atoms with Gasteiger partial charge in [-0.1, -0.05) is 0 Å². The summed E-state index contributed by atoms with van der Waals surface area (Å²) in [6, 6.07) is 0.00540. The van der Waals surface area contributed by atoms with E-state index in [-0.39, 0.29) is 12.0 Å². The molecule has 1 rings (SSSR count). The maximum Gasteiger partial charge on any atom is 0.323 e. The van der Waals surface area contributed by atoms with E-state index >= 15 is 0 Å². The van der Waals surface area contributed by atoms with Gasteiger partial charge in [-0.2, -0.15) is 0 Å². The molecule has 0 radical (unpaired) electrons. The predicted octanol–water partition coefficient (Wildman–Crippen LogP) is 1.04. The van der Waals surface area contributed by atoms with Crippen LogP contribution in [0.15, 0.2) is 0 Å². The number of hydrogen-bond donors (Lipinski definition) is 0. The molecule has 0 aromatic rings. The molecule has 0 aromatic heterocycles. The second kappa shape index (κ2) is 5.66. The van der Waals surface area contributed by atoms with E-state index in [1.165, 1.54) is 7.11 Å². The van der Waals surface area contributed by atoms with Crippen LogP contribution in [0.2, 0.25) is 0 Å². The minimum absolute atomic E-state index is 0.00540. The Kier molecular flexibility index (Phi) is 4.48. The van der Waals surface area contributed by atoms with Gasteiger partial charge >= 0.3 is 5.97 Å². The van der Waals surface area contributed by atoms with Crippen molar-refractivity contribution in [3.63, 3.8) is 0 Å². The average molecular weight is 195 g/mol. The van der Waals surface area contributed by atoms with E-state index in [9.17, 15) is 4.79 Å². The van der Waals surface area contributed by atoms with Gasteiger partial charge in [-0.05, 0) is 25.8 Å². The molecular formula is C11H17NO2. The molecule has 1 aliphatic rings. The molecule has 0 spiro atoms. The normalized spacial score (nSPS) is 21.0. The Balaban J connectivity index is 2.14. The molecule has 1 saturated heterocycles. The third-order valence-corrected chi connectivity index (χ3v) is 2.62. The molecule has 1 fully saturated rings. The van der Waals surface area contributed by atoms with Crippen molar-refractivity contribution in [3.8, 4) is 12.3 Å². The fourth-order valence-corrected chi connectivity index (χ4v) is 1.65. The van der Waals surface area contributed by atoms with Crippen LogP contribution in [0.1, 0.15) is 25.7 Å². The quantitative estimate of drug-likeness (QED) is 0.373. The van der Waals surface area contributed by atoms with Crippen LogP contribution in [0.5, 0.6) is 0 Å². The summed E-state index contributed by atoms with van der Waals surface area (Å²) in [7, 11) is 1.44. The number of rotatable bonds is 5. The maximum absolute atomic E-state index is 11.2. The van der Waals surface area contributed by atoms with Crippen molar-refractivity contribution >= 4 is 5.97 Å². The molecule has 0 aliphatic carbocycles. The van der Waals surface area contributed by atoms with Crippen LogP contribution in [-0.4, -0.2) is 37.1 Å². The summed E-state index contributed by atoms with van der Waals surface area (Å²) in [6.45, 7) is 1.97. The number of nitrogens with zero attached hydrogens (tertiary/aromatic N) is 1. The number of ether oxygens (including phenoxy) is 1. The molecule has 78 valence electrons. The zero-order chi connectivity index (χ0) is 10.4. The summed E-state index contributed by atoms with van der Waals surface area (Å²) >= 11 is 0. The number of likely N-dealkylation sites (tertiary alicyclic amines) is 1. The highest BCUT2D eigenvalue weighted by Crippen LogP contribution is 2.18. The zero-order valence-electron chi connectivity index (χ0n) is 8.66. The van der Waals surface area contributed by atoms with Crippen molar-refractivity contribution < 1.29 is 9.53 Å². The average Bonchev–Trinajstić information content (AvgIpc) is 2.15. The van der Waals surface area contributed by atoms with Gasteiger partial charge in [0.1, 0.15) is 6.04 Å². The zero-order valence-corrected chi connectivity index (χ0v) is 8.66. The first-order chi connectivity index (χ1) is 6.79. The smallest absolute Gasteiger partial charge is 0.323 e. The summed E-state index contributed by atoms with van der Waals surface area (Å²) in [6.07, 6.45) is 9.02. The number of terminal acetylenes is 1. The molecule has 0 N–H and O–H groups in total. The lowest BCUT2D eigenvalue weighted by Gasteiger charge is -2.38. The van der Waals surface area contributed by atoms with Crippen molar-refractivity contribution in [2.75, 3.05) is 20.2 Å².